The van der Waals surface area contributed by atoms with Crippen molar-refractivity contribution < 1.29 is 14.3 Å². The second kappa shape index (κ2) is 8.90. The Morgan fingerprint density at radius 2 is 1.68 bits per heavy atom. The van der Waals surface area contributed by atoms with Crippen molar-refractivity contribution in [1.82, 2.24) is 5.32 Å². The second-order valence-electron chi connectivity index (χ2n) is 6.41. The Morgan fingerprint density at radius 3 is 2.50 bits per heavy atom. The van der Waals surface area contributed by atoms with Crippen LogP contribution in [-0.2, 0) is 9.59 Å². The Labute approximate surface area is 163 Å². The van der Waals surface area contributed by atoms with E-state index in [0.29, 0.717) is 11.4 Å². The van der Waals surface area contributed by atoms with Gasteiger partial charge in [-0.2, -0.15) is 0 Å². The third-order valence-electron chi connectivity index (χ3n) is 4.30. The van der Waals surface area contributed by atoms with Crippen molar-refractivity contribution >= 4 is 34.0 Å². The lowest BCUT2D eigenvalue weighted by atomic mass is 10.1. The van der Waals surface area contributed by atoms with Crippen molar-refractivity contribution in [2.45, 2.75) is 6.92 Å². The highest BCUT2D eigenvalue weighted by molar-refractivity contribution is 5.97. The first-order valence-corrected chi connectivity index (χ1v) is 8.99. The van der Waals surface area contributed by atoms with Crippen LogP contribution in [0.2, 0.25) is 0 Å². The molecular formula is C22H23N3O3. The van der Waals surface area contributed by atoms with Gasteiger partial charge in [0.2, 0.25) is 11.8 Å². The molecule has 0 unspecified atom stereocenters. The lowest BCUT2D eigenvalue weighted by Crippen LogP contribution is -2.36. The summed E-state index contributed by atoms with van der Waals surface area (Å²) in [5.41, 5.74) is 2.46. The summed E-state index contributed by atoms with van der Waals surface area (Å²) < 4.78 is 5.24. The summed E-state index contributed by atoms with van der Waals surface area (Å²) in [6.07, 6.45) is 0. The smallest absolute Gasteiger partial charge is 0.243 e. The molecule has 6 heteroatoms. The van der Waals surface area contributed by atoms with Gasteiger partial charge in [0.1, 0.15) is 5.75 Å². The highest BCUT2D eigenvalue weighted by Crippen LogP contribution is 2.25. The molecular weight excluding hydrogens is 354 g/mol. The van der Waals surface area contributed by atoms with Crippen molar-refractivity contribution in [2.75, 3.05) is 30.8 Å². The molecule has 3 rings (SSSR count). The first-order valence-electron chi connectivity index (χ1n) is 8.99. The van der Waals surface area contributed by atoms with Crippen LogP contribution >= 0.6 is 0 Å². The first kappa shape index (κ1) is 19.2. The number of fused-ring (bicyclic) bond motifs is 1. The van der Waals surface area contributed by atoms with Gasteiger partial charge < -0.3 is 20.7 Å². The van der Waals surface area contributed by atoms with Crippen molar-refractivity contribution in [3.05, 3.63) is 66.2 Å². The molecule has 0 atom stereocenters. The third-order valence-corrected chi connectivity index (χ3v) is 4.30. The molecule has 0 saturated heterocycles. The van der Waals surface area contributed by atoms with Gasteiger partial charge in [-0.15, -0.1) is 0 Å². The van der Waals surface area contributed by atoms with Crippen LogP contribution in [0, 0.1) is 6.92 Å². The van der Waals surface area contributed by atoms with E-state index in [1.165, 1.54) is 0 Å². The van der Waals surface area contributed by atoms with E-state index in [1.807, 2.05) is 61.5 Å². The molecule has 0 aliphatic carbocycles. The van der Waals surface area contributed by atoms with Gasteiger partial charge in [-0.3, -0.25) is 9.59 Å². The predicted octanol–water partition coefficient (Wildman–Crippen LogP) is 3.32. The van der Waals surface area contributed by atoms with E-state index < -0.39 is 0 Å². The number of aryl methyl sites for hydroxylation is 1. The number of carbonyl (C=O) groups excluding carboxylic acids is 2. The number of ether oxygens (including phenoxy) is 1. The van der Waals surface area contributed by atoms with Crippen LogP contribution in [0.15, 0.2) is 60.7 Å². The molecule has 0 fully saturated rings. The van der Waals surface area contributed by atoms with Crippen LogP contribution in [0.25, 0.3) is 10.8 Å². The zero-order chi connectivity index (χ0) is 19.9. The number of rotatable bonds is 7. The van der Waals surface area contributed by atoms with E-state index in [4.69, 9.17) is 4.74 Å². The van der Waals surface area contributed by atoms with E-state index >= 15 is 0 Å². The monoisotopic (exact) mass is 377 g/mol. The number of hydrogen-bond donors (Lipinski definition) is 3. The number of benzene rings is 3. The molecule has 2 amide bonds. The Balaban J connectivity index is 1.51. The number of methoxy groups -OCH3 is 1. The highest BCUT2D eigenvalue weighted by Gasteiger charge is 2.10. The van der Waals surface area contributed by atoms with Gasteiger partial charge in [0.25, 0.3) is 0 Å². The summed E-state index contributed by atoms with van der Waals surface area (Å²) in [6, 6.07) is 19.3. The number of carbonyl (C=O) groups is 2. The van der Waals surface area contributed by atoms with Gasteiger partial charge in [-0.05, 0) is 36.1 Å². The SMILES string of the molecule is COc1ccc(C)cc1NC(=O)CNC(=O)CNc1cccc2ccccc12. The molecule has 0 bridgehead atoms. The molecule has 3 aromatic carbocycles. The maximum atomic E-state index is 12.1. The van der Waals surface area contributed by atoms with Gasteiger partial charge in [0, 0.05) is 11.1 Å². The molecule has 0 saturated carbocycles. The fourth-order valence-corrected chi connectivity index (χ4v) is 2.91. The van der Waals surface area contributed by atoms with Gasteiger partial charge in [-0.1, -0.05) is 42.5 Å². The molecule has 0 spiro atoms. The molecule has 0 aliphatic heterocycles. The normalized spacial score (nSPS) is 10.4. The van der Waals surface area contributed by atoms with Crippen molar-refractivity contribution in [3.63, 3.8) is 0 Å². The fourth-order valence-electron chi connectivity index (χ4n) is 2.91. The Bertz CT molecular complexity index is 996. The van der Waals surface area contributed by atoms with Crippen molar-refractivity contribution in [2.24, 2.45) is 0 Å². The molecule has 0 radical (unpaired) electrons. The quantitative estimate of drug-likeness (QED) is 0.590. The number of anilines is 2. The van der Waals surface area contributed by atoms with Gasteiger partial charge in [-0.25, -0.2) is 0 Å². The molecule has 3 N–H and O–H groups in total. The van der Waals surface area contributed by atoms with Crippen LogP contribution in [0.5, 0.6) is 5.75 Å². The van der Waals surface area contributed by atoms with Crippen LogP contribution < -0.4 is 20.7 Å². The summed E-state index contributed by atoms with van der Waals surface area (Å²) in [4.78, 5) is 24.3. The zero-order valence-corrected chi connectivity index (χ0v) is 15.9. The Morgan fingerprint density at radius 1 is 0.893 bits per heavy atom. The minimum absolute atomic E-state index is 0.0784. The molecule has 144 valence electrons. The lowest BCUT2D eigenvalue weighted by Gasteiger charge is -2.12. The first-order chi connectivity index (χ1) is 13.6. The van der Waals surface area contributed by atoms with Gasteiger partial charge in [0.15, 0.2) is 0 Å². The topological polar surface area (TPSA) is 79.5 Å². The van der Waals surface area contributed by atoms with Crippen molar-refractivity contribution in [1.29, 1.82) is 0 Å². The van der Waals surface area contributed by atoms with E-state index in [0.717, 1.165) is 22.0 Å². The van der Waals surface area contributed by atoms with E-state index in [9.17, 15) is 9.59 Å². The minimum Gasteiger partial charge on any atom is -0.495 e. The van der Waals surface area contributed by atoms with Gasteiger partial charge >= 0.3 is 0 Å². The standard InChI is InChI=1S/C22H23N3O3/c1-15-10-11-20(28-2)19(12-15)25-22(27)14-24-21(26)13-23-18-9-5-7-16-6-3-4-8-17(16)18/h3-12,23H,13-14H2,1-2H3,(H,24,26)(H,25,27). The average Bonchev–Trinajstić information content (AvgIpc) is 2.71. The minimum atomic E-state index is -0.317. The number of hydrogen-bond acceptors (Lipinski definition) is 4. The summed E-state index contributed by atoms with van der Waals surface area (Å²) in [7, 11) is 1.54. The summed E-state index contributed by atoms with van der Waals surface area (Å²) in [5, 5.41) is 10.6. The average molecular weight is 377 g/mol. The van der Waals surface area contributed by atoms with E-state index in [2.05, 4.69) is 16.0 Å². The van der Waals surface area contributed by atoms with Crippen LogP contribution in [-0.4, -0.2) is 32.0 Å². The lowest BCUT2D eigenvalue weighted by molar-refractivity contribution is -0.122. The Hall–Kier alpha value is -3.54. The summed E-state index contributed by atoms with van der Waals surface area (Å²) in [6.45, 7) is 1.89. The van der Waals surface area contributed by atoms with Gasteiger partial charge in [0.05, 0.1) is 25.9 Å². The highest BCUT2D eigenvalue weighted by atomic mass is 16.5. The van der Waals surface area contributed by atoms with Crippen molar-refractivity contribution in [3.8, 4) is 5.75 Å². The van der Waals surface area contributed by atoms with E-state index in [1.54, 1.807) is 13.2 Å². The second-order valence-corrected chi connectivity index (χ2v) is 6.41. The molecule has 6 nitrogen and oxygen atoms in total. The third kappa shape index (κ3) is 4.79. The number of nitrogens with one attached hydrogen (secondary N) is 3. The molecule has 0 aliphatic rings. The van der Waals surface area contributed by atoms with E-state index in [-0.39, 0.29) is 24.9 Å². The fraction of sp³-hybridized carbons (Fsp3) is 0.182. The zero-order valence-electron chi connectivity index (χ0n) is 15.9. The molecule has 28 heavy (non-hydrogen) atoms. The molecule has 3 aromatic rings. The summed E-state index contributed by atoms with van der Waals surface area (Å²) >= 11 is 0. The van der Waals surface area contributed by atoms with Crippen LogP contribution in [0.3, 0.4) is 0 Å². The number of amides is 2. The largest absolute Gasteiger partial charge is 0.495 e. The predicted molar refractivity (Wildman–Crippen MR) is 112 cm³/mol. The molecule has 0 heterocycles. The maximum absolute atomic E-state index is 12.1. The van der Waals surface area contributed by atoms with Crippen LogP contribution in [0.1, 0.15) is 5.56 Å². The van der Waals surface area contributed by atoms with Crippen LogP contribution in [0.4, 0.5) is 11.4 Å². The maximum Gasteiger partial charge on any atom is 0.243 e. The molecule has 0 aromatic heterocycles. The summed E-state index contributed by atoms with van der Waals surface area (Å²) in [5.74, 6) is -0.00963. The Kier molecular flexibility index (Phi) is 6.11.